The molecule has 0 spiro atoms. The van der Waals surface area contributed by atoms with E-state index in [1.165, 1.54) is 7.11 Å². The maximum atomic E-state index is 12.4. The van der Waals surface area contributed by atoms with Gasteiger partial charge in [0, 0.05) is 30.8 Å². The number of pyridine rings is 1. The average Bonchev–Trinajstić information content (AvgIpc) is 2.99. The van der Waals surface area contributed by atoms with E-state index in [1.807, 2.05) is 12.1 Å². The Morgan fingerprint density at radius 1 is 1.50 bits per heavy atom. The number of hydrogen-bond donors (Lipinski definition) is 2. The molecule has 0 aromatic carbocycles. The first kappa shape index (κ1) is 17.9. The molecule has 0 bridgehead atoms. The molecule has 1 aromatic rings. The van der Waals surface area contributed by atoms with Crippen LogP contribution in [-0.4, -0.2) is 42.5 Å². The van der Waals surface area contributed by atoms with Gasteiger partial charge in [-0.15, -0.1) is 0 Å². The number of esters is 1. The van der Waals surface area contributed by atoms with Crippen LogP contribution >= 0.6 is 0 Å². The van der Waals surface area contributed by atoms with Gasteiger partial charge in [0.25, 0.3) is 0 Å². The molecule has 2 heterocycles. The SMILES string of the molecule is COC(=O)[C@H](C[C@@H]1CCNC1=O)NC(=O)[C@@H](C)Cc1cccnc1. The van der Waals surface area contributed by atoms with E-state index in [0.29, 0.717) is 19.4 Å². The van der Waals surface area contributed by atoms with Crippen LogP contribution in [-0.2, 0) is 25.5 Å². The minimum absolute atomic E-state index is 0.0819. The number of ether oxygens (including phenoxy) is 1. The molecule has 7 heteroatoms. The van der Waals surface area contributed by atoms with Gasteiger partial charge in [-0.1, -0.05) is 13.0 Å². The van der Waals surface area contributed by atoms with Crippen LogP contribution in [0.3, 0.4) is 0 Å². The van der Waals surface area contributed by atoms with Crippen LogP contribution in [0.2, 0.25) is 0 Å². The summed E-state index contributed by atoms with van der Waals surface area (Å²) in [4.78, 5) is 40.1. The summed E-state index contributed by atoms with van der Waals surface area (Å²) in [5, 5.41) is 5.45. The highest BCUT2D eigenvalue weighted by molar-refractivity contribution is 5.87. The third kappa shape index (κ3) is 4.78. The molecule has 0 saturated carbocycles. The zero-order valence-corrected chi connectivity index (χ0v) is 14.0. The third-order valence-corrected chi connectivity index (χ3v) is 4.20. The highest BCUT2D eigenvalue weighted by Gasteiger charge is 2.32. The Labute approximate surface area is 141 Å². The molecule has 7 nitrogen and oxygen atoms in total. The topological polar surface area (TPSA) is 97.4 Å². The molecule has 130 valence electrons. The number of hydrogen-bond acceptors (Lipinski definition) is 5. The molecule has 1 aromatic heterocycles. The summed E-state index contributed by atoms with van der Waals surface area (Å²) >= 11 is 0. The van der Waals surface area contributed by atoms with E-state index in [1.54, 1.807) is 19.3 Å². The van der Waals surface area contributed by atoms with E-state index in [2.05, 4.69) is 15.6 Å². The normalized spacial score (nSPS) is 19.2. The van der Waals surface area contributed by atoms with Crippen LogP contribution in [0.1, 0.15) is 25.3 Å². The maximum Gasteiger partial charge on any atom is 0.328 e. The second-order valence-corrected chi connectivity index (χ2v) is 6.06. The predicted octanol–water partition coefficient (Wildman–Crippen LogP) is 0.444. The molecule has 24 heavy (non-hydrogen) atoms. The fourth-order valence-electron chi connectivity index (χ4n) is 2.79. The van der Waals surface area contributed by atoms with Crippen molar-refractivity contribution >= 4 is 17.8 Å². The lowest BCUT2D eigenvalue weighted by molar-refractivity contribution is -0.146. The Hall–Kier alpha value is -2.44. The Morgan fingerprint density at radius 2 is 2.29 bits per heavy atom. The van der Waals surface area contributed by atoms with E-state index < -0.39 is 12.0 Å². The summed E-state index contributed by atoms with van der Waals surface area (Å²) in [6, 6.07) is 2.90. The van der Waals surface area contributed by atoms with Crippen LogP contribution < -0.4 is 10.6 Å². The van der Waals surface area contributed by atoms with Crippen LogP contribution in [0.4, 0.5) is 0 Å². The maximum absolute atomic E-state index is 12.4. The Kier molecular flexibility index (Phi) is 6.28. The van der Waals surface area contributed by atoms with Crippen LogP contribution in [0, 0.1) is 11.8 Å². The predicted molar refractivity (Wildman–Crippen MR) is 86.8 cm³/mol. The molecule has 2 amide bonds. The monoisotopic (exact) mass is 333 g/mol. The van der Waals surface area contributed by atoms with Crippen molar-refractivity contribution in [1.29, 1.82) is 0 Å². The van der Waals surface area contributed by atoms with Crippen LogP contribution in [0.25, 0.3) is 0 Å². The van der Waals surface area contributed by atoms with Crippen LogP contribution in [0.5, 0.6) is 0 Å². The van der Waals surface area contributed by atoms with E-state index in [0.717, 1.165) is 5.56 Å². The standard InChI is InChI=1S/C17H23N3O4/c1-11(8-12-4-3-6-18-10-12)15(21)20-14(17(23)24-2)9-13-5-7-19-16(13)22/h3-4,6,10-11,13-14H,5,7-9H2,1-2H3,(H,19,22)(H,20,21)/t11-,13-,14-/m0/s1. The van der Waals surface area contributed by atoms with E-state index in [4.69, 9.17) is 4.74 Å². The largest absolute Gasteiger partial charge is 0.467 e. The second kappa shape index (κ2) is 8.42. The van der Waals surface area contributed by atoms with Gasteiger partial charge in [0.15, 0.2) is 0 Å². The smallest absolute Gasteiger partial charge is 0.328 e. The zero-order valence-electron chi connectivity index (χ0n) is 14.0. The lowest BCUT2D eigenvalue weighted by Gasteiger charge is -2.21. The summed E-state index contributed by atoms with van der Waals surface area (Å²) in [6.07, 6.45) is 4.83. The van der Waals surface area contributed by atoms with Gasteiger partial charge in [-0.25, -0.2) is 4.79 Å². The molecule has 2 N–H and O–H groups in total. The summed E-state index contributed by atoms with van der Waals surface area (Å²) in [6.45, 7) is 2.39. The van der Waals surface area contributed by atoms with Crippen molar-refractivity contribution in [2.45, 2.75) is 32.2 Å². The first-order valence-electron chi connectivity index (χ1n) is 8.06. The third-order valence-electron chi connectivity index (χ3n) is 4.20. The van der Waals surface area contributed by atoms with E-state index in [9.17, 15) is 14.4 Å². The van der Waals surface area contributed by atoms with E-state index >= 15 is 0 Å². The van der Waals surface area contributed by atoms with Gasteiger partial charge in [0.05, 0.1) is 7.11 Å². The Balaban J connectivity index is 1.95. The van der Waals surface area contributed by atoms with Crippen molar-refractivity contribution in [3.63, 3.8) is 0 Å². The number of carbonyl (C=O) groups excluding carboxylic acids is 3. The second-order valence-electron chi connectivity index (χ2n) is 6.06. The average molecular weight is 333 g/mol. The number of nitrogens with one attached hydrogen (secondary N) is 2. The molecule has 0 radical (unpaired) electrons. The summed E-state index contributed by atoms with van der Waals surface area (Å²) < 4.78 is 4.76. The number of methoxy groups -OCH3 is 1. The minimum atomic E-state index is -0.812. The number of aromatic nitrogens is 1. The van der Waals surface area contributed by atoms with Gasteiger partial charge >= 0.3 is 5.97 Å². The van der Waals surface area contributed by atoms with Crippen molar-refractivity contribution in [3.05, 3.63) is 30.1 Å². The van der Waals surface area contributed by atoms with Gasteiger partial charge in [-0.05, 0) is 30.9 Å². The van der Waals surface area contributed by atoms with Gasteiger partial charge in [-0.3, -0.25) is 14.6 Å². The molecule has 1 fully saturated rings. The van der Waals surface area contributed by atoms with Gasteiger partial charge in [-0.2, -0.15) is 0 Å². The van der Waals surface area contributed by atoms with Crippen molar-refractivity contribution < 1.29 is 19.1 Å². The van der Waals surface area contributed by atoms with Crippen molar-refractivity contribution in [3.8, 4) is 0 Å². The Morgan fingerprint density at radius 3 is 2.88 bits per heavy atom. The molecule has 0 aliphatic carbocycles. The molecule has 1 aliphatic rings. The van der Waals surface area contributed by atoms with Crippen molar-refractivity contribution in [2.75, 3.05) is 13.7 Å². The Bertz CT molecular complexity index is 591. The minimum Gasteiger partial charge on any atom is -0.467 e. The number of nitrogens with zero attached hydrogens (tertiary/aromatic N) is 1. The fraction of sp³-hybridized carbons (Fsp3) is 0.529. The number of carbonyl (C=O) groups is 3. The summed E-state index contributed by atoms with van der Waals surface area (Å²) in [5.41, 5.74) is 0.949. The quantitative estimate of drug-likeness (QED) is 0.706. The van der Waals surface area contributed by atoms with Gasteiger partial charge in [0.1, 0.15) is 6.04 Å². The molecular formula is C17H23N3O4. The molecule has 1 saturated heterocycles. The number of amides is 2. The number of rotatable bonds is 7. The first-order chi connectivity index (χ1) is 11.5. The molecular weight excluding hydrogens is 310 g/mol. The molecule has 0 unspecified atom stereocenters. The molecule has 2 rings (SSSR count). The zero-order chi connectivity index (χ0) is 17.5. The summed E-state index contributed by atoms with van der Waals surface area (Å²) in [7, 11) is 1.27. The van der Waals surface area contributed by atoms with Crippen molar-refractivity contribution in [2.24, 2.45) is 11.8 Å². The highest BCUT2D eigenvalue weighted by Crippen LogP contribution is 2.17. The van der Waals surface area contributed by atoms with Gasteiger partial charge < -0.3 is 15.4 Å². The van der Waals surface area contributed by atoms with Gasteiger partial charge in [0.2, 0.25) is 11.8 Å². The van der Waals surface area contributed by atoms with E-state index in [-0.39, 0.29) is 30.1 Å². The lowest BCUT2D eigenvalue weighted by Crippen LogP contribution is -2.45. The first-order valence-corrected chi connectivity index (χ1v) is 8.06. The lowest BCUT2D eigenvalue weighted by atomic mass is 9.96. The summed E-state index contributed by atoms with van der Waals surface area (Å²) in [5.74, 6) is -1.45. The molecule has 1 aliphatic heterocycles. The molecule has 3 atom stereocenters. The van der Waals surface area contributed by atoms with Crippen LogP contribution in [0.15, 0.2) is 24.5 Å². The highest BCUT2D eigenvalue weighted by atomic mass is 16.5. The fourth-order valence-corrected chi connectivity index (χ4v) is 2.79. The van der Waals surface area contributed by atoms with Crippen molar-refractivity contribution in [1.82, 2.24) is 15.6 Å².